The van der Waals surface area contributed by atoms with Crippen molar-refractivity contribution in [1.82, 2.24) is 15.2 Å². The number of nitrogens with one attached hydrogen (secondary N) is 1. The molecule has 3 aliphatic rings. The van der Waals surface area contributed by atoms with Crippen LogP contribution in [0.15, 0.2) is 30.5 Å². The number of phenolic OH excluding ortho intramolecular Hbond substituents is 1. The highest BCUT2D eigenvalue weighted by Gasteiger charge is 2.46. The maximum atomic E-state index is 15.9. The second kappa shape index (κ2) is 8.01. The number of fused-ring (bicyclic) bond motifs is 5. The van der Waals surface area contributed by atoms with Crippen molar-refractivity contribution in [1.29, 1.82) is 0 Å². The van der Waals surface area contributed by atoms with E-state index < -0.39 is 23.4 Å². The third-order valence-electron chi connectivity index (χ3n) is 7.24. The molecule has 3 aromatic rings. The maximum Gasteiger partial charge on any atom is 0.251 e. The van der Waals surface area contributed by atoms with Crippen molar-refractivity contribution in [3.8, 4) is 16.9 Å². The summed E-state index contributed by atoms with van der Waals surface area (Å²) < 4.78 is 30.5. The molecule has 3 atom stereocenters. The smallest absolute Gasteiger partial charge is 0.251 e. The highest BCUT2D eigenvalue weighted by atomic mass is 35.5. The SMILES string of the molecule is C[C@@H]1CN2c3c(cnc4c(F)c(-c5c(O)cccc5F)c(Cl)cc34)N(C)C(=O)[C@H]2CN1C(=O)[C@@H]1CN1. The normalized spacial score (nSPS) is 23.1. The van der Waals surface area contributed by atoms with Gasteiger partial charge in [0.15, 0.2) is 5.82 Å². The van der Waals surface area contributed by atoms with Crippen LogP contribution in [0.5, 0.6) is 5.75 Å². The highest BCUT2D eigenvalue weighted by molar-refractivity contribution is 6.34. The largest absolute Gasteiger partial charge is 0.507 e. The maximum absolute atomic E-state index is 15.9. The van der Waals surface area contributed by atoms with Gasteiger partial charge in [-0.15, -0.1) is 0 Å². The van der Waals surface area contributed by atoms with E-state index in [0.717, 1.165) is 6.07 Å². The van der Waals surface area contributed by atoms with Crippen LogP contribution in [0.1, 0.15) is 6.92 Å². The number of hydrogen-bond donors (Lipinski definition) is 2. The van der Waals surface area contributed by atoms with E-state index in [1.54, 1.807) is 11.9 Å². The van der Waals surface area contributed by atoms with Gasteiger partial charge in [0.1, 0.15) is 23.1 Å². The van der Waals surface area contributed by atoms with Crippen molar-refractivity contribution < 1.29 is 23.5 Å². The van der Waals surface area contributed by atoms with E-state index in [4.69, 9.17) is 11.6 Å². The Labute approximate surface area is 210 Å². The zero-order valence-electron chi connectivity index (χ0n) is 19.4. The molecule has 2 aromatic carbocycles. The number of rotatable bonds is 2. The molecule has 0 saturated carbocycles. The first-order valence-electron chi connectivity index (χ1n) is 11.6. The molecule has 2 saturated heterocycles. The number of pyridine rings is 1. The number of carbonyl (C=O) groups is 2. The Hall–Kier alpha value is -3.50. The lowest BCUT2D eigenvalue weighted by molar-refractivity contribution is -0.134. The van der Waals surface area contributed by atoms with E-state index in [-0.39, 0.29) is 52.1 Å². The first-order chi connectivity index (χ1) is 17.2. The van der Waals surface area contributed by atoms with Crippen LogP contribution in [-0.4, -0.2) is 71.6 Å². The average molecular weight is 514 g/mol. The molecule has 36 heavy (non-hydrogen) atoms. The number of hydrogen-bond acceptors (Lipinski definition) is 6. The monoisotopic (exact) mass is 513 g/mol. The number of amides is 2. The third kappa shape index (κ3) is 3.24. The van der Waals surface area contributed by atoms with Gasteiger partial charge < -0.3 is 25.1 Å². The van der Waals surface area contributed by atoms with Crippen molar-refractivity contribution >= 4 is 45.7 Å². The van der Waals surface area contributed by atoms with Gasteiger partial charge in [0.05, 0.1) is 40.7 Å². The number of phenols is 1. The van der Waals surface area contributed by atoms with Gasteiger partial charge in [0.2, 0.25) is 5.91 Å². The fourth-order valence-electron chi connectivity index (χ4n) is 5.29. The summed E-state index contributed by atoms with van der Waals surface area (Å²) in [6, 6.07) is 4.09. The Morgan fingerprint density at radius 1 is 1.25 bits per heavy atom. The molecule has 0 aliphatic carbocycles. The van der Waals surface area contributed by atoms with Gasteiger partial charge in [0.25, 0.3) is 5.91 Å². The van der Waals surface area contributed by atoms with Gasteiger partial charge in [-0.1, -0.05) is 17.7 Å². The molecular weight excluding hydrogens is 492 g/mol. The molecule has 2 N–H and O–H groups in total. The first kappa shape index (κ1) is 22.9. The molecule has 2 fully saturated rings. The molecular formula is C25H22ClF2N5O3. The standard InChI is InChI=1S/C25H22ClF2N5O3/c1-11-9-33-17(10-32(11)24(35)15-7-29-15)25(36)31(2)16-8-30-22-12(23(16)33)6-13(26)19(21(22)28)20-14(27)4-3-5-18(20)34/h3-6,8,11,15,17,29,34H,7,9-10H2,1-2H3/t11-,15+,17-/m1/s1. The van der Waals surface area contributed by atoms with Crippen molar-refractivity contribution in [3.63, 3.8) is 0 Å². The Balaban J connectivity index is 1.52. The fraction of sp³-hybridized carbons (Fsp3) is 0.320. The molecule has 0 radical (unpaired) electrons. The molecule has 0 unspecified atom stereocenters. The molecule has 186 valence electrons. The van der Waals surface area contributed by atoms with E-state index in [0.29, 0.717) is 29.9 Å². The summed E-state index contributed by atoms with van der Waals surface area (Å²) in [5.41, 5.74) is 0.355. The summed E-state index contributed by atoms with van der Waals surface area (Å²) in [6.07, 6.45) is 1.41. The Bertz CT molecular complexity index is 1440. The Morgan fingerprint density at radius 2 is 2.00 bits per heavy atom. The molecule has 11 heteroatoms. The molecule has 4 heterocycles. The number of likely N-dealkylation sites (N-methyl/N-ethyl adjacent to an activating group) is 1. The number of halogens is 3. The van der Waals surface area contributed by atoms with Crippen molar-refractivity contribution in [2.45, 2.75) is 25.0 Å². The highest BCUT2D eigenvalue weighted by Crippen LogP contribution is 2.47. The lowest BCUT2D eigenvalue weighted by atomic mass is 9.96. The zero-order valence-corrected chi connectivity index (χ0v) is 20.2. The minimum atomic E-state index is -0.876. The lowest BCUT2D eigenvalue weighted by Crippen LogP contribution is -2.66. The molecule has 6 rings (SSSR count). The molecule has 2 amide bonds. The number of piperazine rings is 1. The number of nitrogens with zero attached hydrogens (tertiary/aromatic N) is 4. The summed E-state index contributed by atoms with van der Waals surface area (Å²) in [5.74, 6) is -2.38. The number of carbonyl (C=O) groups excluding carboxylic acids is 2. The number of benzene rings is 2. The summed E-state index contributed by atoms with van der Waals surface area (Å²) in [7, 11) is 1.61. The van der Waals surface area contributed by atoms with Gasteiger partial charge in [0, 0.05) is 37.1 Å². The Kier molecular flexibility index (Phi) is 5.10. The second-order valence-corrected chi connectivity index (χ2v) is 9.84. The van der Waals surface area contributed by atoms with Crippen LogP contribution in [0.3, 0.4) is 0 Å². The number of aromatic hydroxyl groups is 1. The van der Waals surface area contributed by atoms with Crippen LogP contribution in [0.2, 0.25) is 5.02 Å². The van der Waals surface area contributed by atoms with E-state index >= 15 is 4.39 Å². The van der Waals surface area contributed by atoms with E-state index in [1.807, 2.05) is 11.8 Å². The first-order valence-corrected chi connectivity index (χ1v) is 11.9. The summed E-state index contributed by atoms with van der Waals surface area (Å²) in [6.45, 7) is 3.09. The van der Waals surface area contributed by atoms with Gasteiger partial charge in [-0.25, -0.2) is 8.78 Å². The van der Waals surface area contributed by atoms with Gasteiger partial charge in [-0.05, 0) is 25.1 Å². The van der Waals surface area contributed by atoms with Crippen LogP contribution in [-0.2, 0) is 9.59 Å². The lowest BCUT2D eigenvalue weighted by Gasteiger charge is -2.50. The zero-order chi connectivity index (χ0) is 25.5. The van der Waals surface area contributed by atoms with Crippen molar-refractivity contribution in [2.75, 3.05) is 36.5 Å². The third-order valence-corrected chi connectivity index (χ3v) is 7.54. The summed E-state index contributed by atoms with van der Waals surface area (Å²) >= 11 is 6.50. The minimum Gasteiger partial charge on any atom is -0.507 e. The number of anilines is 2. The van der Waals surface area contributed by atoms with Crippen LogP contribution >= 0.6 is 11.6 Å². The van der Waals surface area contributed by atoms with E-state index in [2.05, 4.69) is 10.3 Å². The van der Waals surface area contributed by atoms with Crippen LogP contribution in [0, 0.1) is 11.6 Å². The second-order valence-electron chi connectivity index (χ2n) is 9.44. The quantitative estimate of drug-likeness (QED) is 0.511. The predicted octanol–water partition coefficient (Wildman–Crippen LogP) is 2.89. The van der Waals surface area contributed by atoms with Gasteiger partial charge in [-0.3, -0.25) is 14.6 Å². The van der Waals surface area contributed by atoms with Crippen LogP contribution < -0.4 is 15.1 Å². The van der Waals surface area contributed by atoms with Crippen molar-refractivity contribution in [3.05, 3.63) is 47.1 Å². The molecule has 3 aliphatic heterocycles. The minimum absolute atomic E-state index is 0.0357. The Morgan fingerprint density at radius 3 is 2.69 bits per heavy atom. The van der Waals surface area contributed by atoms with E-state index in [9.17, 15) is 19.1 Å². The summed E-state index contributed by atoms with van der Waals surface area (Å²) in [5, 5.41) is 13.5. The van der Waals surface area contributed by atoms with Gasteiger partial charge >= 0.3 is 0 Å². The van der Waals surface area contributed by atoms with Gasteiger partial charge in [-0.2, -0.15) is 0 Å². The van der Waals surface area contributed by atoms with E-state index in [1.165, 1.54) is 29.3 Å². The predicted molar refractivity (Wildman–Crippen MR) is 131 cm³/mol. The van der Waals surface area contributed by atoms with Crippen LogP contribution in [0.25, 0.3) is 22.0 Å². The molecule has 0 bridgehead atoms. The summed E-state index contributed by atoms with van der Waals surface area (Å²) in [4.78, 5) is 35.4. The molecule has 0 spiro atoms. The van der Waals surface area contributed by atoms with Crippen molar-refractivity contribution in [2.24, 2.45) is 0 Å². The average Bonchev–Trinajstić information content (AvgIpc) is 3.68. The van der Waals surface area contributed by atoms with Crippen LogP contribution in [0.4, 0.5) is 20.2 Å². The number of aromatic nitrogens is 1. The fourth-order valence-corrected chi connectivity index (χ4v) is 5.58. The topological polar surface area (TPSA) is 98.9 Å². The molecule has 1 aromatic heterocycles. The molecule has 8 nitrogen and oxygen atoms in total.